The van der Waals surface area contributed by atoms with E-state index in [0.717, 1.165) is 58.2 Å². The number of amides is 1. The molecule has 1 aliphatic rings. The fraction of sp³-hybridized carbons (Fsp3) is 0.400. The second-order valence-electron chi connectivity index (χ2n) is 8.12. The van der Waals surface area contributed by atoms with Crippen LogP contribution < -0.4 is 5.32 Å². The summed E-state index contributed by atoms with van der Waals surface area (Å²) in [6.45, 7) is 8.34. The van der Waals surface area contributed by atoms with Crippen LogP contribution in [0.3, 0.4) is 0 Å². The van der Waals surface area contributed by atoms with Crippen LogP contribution in [0.15, 0.2) is 42.4 Å². The maximum Gasteiger partial charge on any atom is 0.253 e. The monoisotopic (exact) mass is 434 g/mol. The molecule has 3 aromatic rings. The highest BCUT2D eigenvalue weighted by Gasteiger charge is 2.25. The molecule has 1 fully saturated rings. The molecule has 0 saturated heterocycles. The number of hydrogen-bond acceptors (Lipinski definition) is 4. The van der Waals surface area contributed by atoms with Gasteiger partial charge in [0.15, 0.2) is 0 Å². The van der Waals surface area contributed by atoms with Crippen LogP contribution in [-0.2, 0) is 6.42 Å². The van der Waals surface area contributed by atoms with Gasteiger partial charge in [0.1, 0.15) is 5.01 Å². The summed E-state index contributed by atoms with van der Waals surface area (Å²) in [4.78, 5) is 22.2. The van der Waals surface area contributed by atoms with Crippen LogP contribution in [0.25, 0.3) is 22.0 Å². The Bertz CT molecular complexity index is 1080. The molecule has 3 heterocycles. The van der Waals surface area contributed by atoms with Gasteiger partial charge in [0.2, 0.25) is 0 Å². The van der Waals surface area contributed by atoms with Gasteiger partial charge in [0, 0.05) is 41.1 Å². The van der Waals surface area contributed by atoms with E-state index in [9.17, 15) is 4.79 Å². The van der Waals surface area contributed by atoms with E-state index in [1.807, 2.05) is 18.3 Å². The van der Waals surface area contributed by atoms with Crippen molar-refractivity contribution < 1.29 is 4.79 Å². The van der Waals surface area contributed by atoms with Gasteiger partial charge in [-0.2, -0.15) is 0 Å². The van der Waals surface area contributed by atoms with Crippen molar-refractivity contribution in [3.05, 3.63) is 59.4 Å². The molecule has 1 saturated carbocycles. The summed E-state index contributed by atoms with van der Waals surface area (Å²) in [5.41, 5.74) is 5.90. The maximum atomic E-state index is 12.8. The number of nitrogens with one attached hydrogen (secondary N) is 1. The first-order chi connectivity index (χ1) is 15.1. The number of nitrogens with zero attached hydrogens (tertiary/aromatic N) is 3. The molecular formula is C25H30N4OS. The van der Waals surface area contributed by atoms with Crippen LogP contribution in [0.2, 0.25) is 0 Å². The summed E-state index contributed by atoms with van der Waals surface area (Å²) in [5, 5.41) is 6.03. The molecule has 6 heteroatoms. The minimum absolute atomic E-state index is 0.0506. The third-order valence-corrected chi connectivity index (χ3v) is 6.97. The van der Waals surface area contributed by atoms with Crippen LogP contribution in [0.1, 0.15) is 66.8 Å². The molecule has 0 unspecified atom stereocenters. The normalized spacial score (nSPS) is 14.5. The van der Waals surface area contributed by atoms with E-state index in [0.29, 0.717) is 12.6 Å². The van der Waals surface area contributed by atoms with E-state index in [1.165, 1.54) is 19.3 Å². The highest BCUT2D eigenvalue weighted by molar-refractivity contribution is 7.13. The van der Waals surface area contributed by atoms with Gasteiger partial charge in [0.25, 0.3) is 5.91 Å². The highest BCUT2D eigenvalue weighted by Crippen LogP contribution is 2.37. The number of aryl methyl sites for hydroxylation is 1. The Morgan fingerprint density at radius 1 is 1.32 bits per heavy atom. The quantitative estimate of drug-likeness (QED) is 0.466. The number of carbonyl (C=O) groups is 1. The van der Waals surface area contributed by atoms with Crippen molar-refractivity contribution in [2.24, 2.45) is 0 Å². The lowest BCUT2D eigenvalue weighted by molar-refractivity contribution is 0.0957. The molecule has 0 atom stereocenters. The second-order valence-corrected chi connectivity index (χ2v) is 8.97. The number of pyridine rings is 1. The Kier molecular flexibility index (Phi) is 6.66. The van der Waals surface area contributed by atoms with Crippen molar-refractivity contribution in [1.82, 2.24) is 19.9 Å². The topological polar surface area (TPSA) is 59.8 Å². The minimum Gasteiger partial charge on any atom is -0.349 e. The van der Waals surface area contributed by atoms with Crippen molar-refractivity contribution in [3.8, 4) is 22.0 Å². The van der Waals surface area contributed by atoms with Crippen molar-refractivity contribution in [3.63, 3.8) is 0 Å². The lowest BCUT2D eigenvalue weighted by Crippen LogP contribution is -2.24. The second kappa shape index (κ2) is 9.60. The van der Waals surface area contributed by atoms with Crippen LogP contribution in [-0.4, -0.2) is 27.0 Å². The van der Waals surface area contributed by atoms with E-state index >= 15 is 0 Å². The van der Waals surface area contributed by atoms with Gasteiger partial charge in [0.05, 0.1) is 17.0 Å². The molecular weight excluding hydrogens is 404 g/mol. The highest BCUT2D eigenvalue weighted by atomic mass is 32.1. The van der Waals surface area contributed by atoms with Gasteiger partial charge in [-0.05, 0) is 44.4 Å². The summed E-state index contributed by atoms with van der Waals surface area (Å²) >= 11 is 1.64. The van der Waals surface area contributed by atoms with Gasteiger partial charge < -0.3 is 9.88 Å². The molecule has 0 bridgehead atoms. The van der Waals surface area contributed by atoms with E-state index in [1.54, 1.807) is 17.4 Å². The summed E-state index contributed by atoms with van der Waals surface area (Å²) in [5.74, 6) is -0.0506. The molecule has 3 aromatic heterocycles. The predicted molar refractivity (Wildman–Crippen MR) is 128 cm³/mol. The number of rotatable bonds is 7. The molecule has 31 heavy (non-hydrogen) atoms. The molecule has 0 aromatic carbocycles. The largest absolute Gasteiger partial charge is 0.349 e. The van der Waals surface area contributed by atoms with Gasteiger partial charge >= 0.3 is 0 Å². The zero-order valence-corrected chi connectivity index (χ0v) is 19.2. The van der Waals surface area contributed by atoms with Gasteiger partial charge in [-0.3, -0.25) is 9.78 Å². The molecule has 0 aliphatic heterocycles. The van der Waals surface area contributed by atoms with Crippen molar-refractivity contribution in [2.75, 3.05) is 6.54 Å². The first kappa shape index (κ1) is 21.5. The number of hydrogen-bond donors (Lipinski definition) is 1. The third-order valence-electron chi connectivity index (χ3n) is 6.08. The van der Waals surface area contributed by atoms with Crippen molar-refractivity contribution in [1.29, 1.82) is 0 Å². The molecule has 5 nitrogen and oxygen atoms in total. The van der Waals surface area contributed by atoms with Crippen molar-refractivity contribution >= 4 is 17.2 Å². The fourth-order valence-corrected chi connectivity index (χ4v) is 5.26. The van der Waals surface area contributed by atoms with Crippen LogP contribution in [0, 0.1) is 6.92 Å². The molecule has 1 aliphatic carbocycles. The van der Waals surface area contributed by atoms with Gasteiger partial charge in [-0.25, -0.2) is 4.98 Å². The lowest BCUT2D eigenvalue weighted by Gasteiger charge is -2.26. The minimum atomic E-state index is -0.0506. The summed E-state index contributed by atoms with van der Waals surface area (Å²) < 4.78 is 2.37. The Balaban J connectivity index is 1.75. The molecule has 162 valence electrons. The van der Waals surface area contributed by atoms with Crippen LogP contribution in [0.4, 0.5) is 0 Å². The first-order valence-corrected chi connectivity index (χ1v) is 12.0. The zero-order valence-electron chi connectivity index (χ0n) is 18.4. The van der Waals surface area contributed by atoms with Crippen LogP contribution >= 0.6 is 11.3 Å². The third kappa shape index (κ3) is 4.49. The number of carbonyl (C=O) groups excluding carboxylic acids is 1. The predicted octanol–water partition coefficient (Wildman–Crippen LogP) is 5.97. The smallest absolute Gasteiger partial charge is 0.253 e. The van der Waals surface area contributed by atoms with E-state index in [2.05, 4.69) is 46.7 Å². The van der Waals surface area contributed by atoms with E-state index < -0.39 is 0 Å². The van der Waals surface area contributed by atoms with Gasteiger partial charge in [-0.1, -0.05) is 32.3 Å². The molecule has 0 radical (unpaired) electrons. The average Bonchev–Trinajstić information content (AvgIpc) is 3.43. The van der Waals surface area contributed by atoms with Gasteiger partial charge in [-0.15, -0.1) is 17.9 Å². The summed E-state index contributed by atoms with van der Waals surface area (Å²) in [6.07, 6.45) is 10.5. The molecule has 1 N–H and O–H groups in total. The Hall–Kier alpha value is -2.73. The average molecular weight is 435 g/mol. The number of thiazole rings is 1. The fourth-order valence-electron chi connectivity index (χ4n) is 4.45. The van der Waals surface area contributed by atoms with E-state index in [-0.39, 0.29) is 5.91 Å². The van der Waals surface area contributed by atoms with E-state index in [4.69, 9.17) is 4.98 Å². The van der Waals surface area contributed by atoms with Crippen LogP contribution in [0.5, 0.6) is 0 Å². The maximum absolute atomic E-state index is 12.8. The zero-order chi connectivity index (χ0) is 21.8. The Morgan fingerprint density at radius 3 is 2.87 bits per heavy atom. The standard InChI is InChI=1S/C25H30N4OS/c1-4-12-27-24(30)21-15-23(29(17(21)3)20-9-7-6-8-10-20)22-16-31-25(28-22)18-11-13-26-19(5-2)14-18/h4,11,13-16,20H,1,5-10,12H2,2-3H3,(H,27,30). The molecule has 1 amide bonds. The Labute approximate surface area is 188 Å². The lowest BCUT2D eigenvalue weighted by atomic mass is 9.95. The molecule has 0 spiro atoms. The Morgan fingerprint density at radius 2 is 2.13 bits per heavy atom. The first-order valence-electron chi connectivity index (χ1n) is 11.1. The summed E-state index contributed by atoms with van der Waals surface area (Å²) in [6, 6.07) is 6.57. The number of aromatic nitrogens is 3. The SMILES string of the molecule is C=CCNC(=O)c1cc(-c2csc(-c3ccnc(CC)c3)n2)n(C2CCCCC2)c1C. The molecule has 4 rings (SSSR count). The summed E-state index contributed by atoms with van der Waals surface area (Å²) in [7, 11) is 0. The van der Waals surface area contributed by atoms with Crippen molar-refractivity contribution in [2.45, 2.75) is 58.4 Å².